The maximum absolute atomic E-state index is 6.05. The summed E-state index contributed by atoms with van der Waals surface area (Å²) in [5.41, 5.74) is 6.41. The van der Waals surface area contributed by atoms with Crippen molar-refractivity contribution in [3.05, 3.63) is 0 Å². The largest absolute Gasteiger partial charge is 0.381 e. The molecule has 2 atom stereocenters. The van der Waals surface area contributed by atoms with Crippen LogP contribution in [0, 0.1) is 17.3 Å². The van der Waals surface area contributed by atoms with Crippen molar-refractivity contribution < 1.29 is 4.74 Å². The van der Waals surface area contributed by atoms with Gasteiger partial charge in [-0.1, -0.05) is 6.42 Å². The minimum absolute atomic E-state index is 0.358. The minimum atomic E-state index is 0.358. The average molecular weight is 238 g/mol. The Hall–Kier alpha value is -0.120. The smallest absolute Gasteiger partial charge is 0.0472 e. The maximum Gasteiger partial charge on any atom is 0.0472 e. The average Bonchev–Trinajstić information content (AvgIpc) is 2.91. The molecule has 3 heteroatoms. The van der Waals surface area contributed by atoms with Gasteiger partial charge >= 0.3 is 0 Å². The maximum atomic E-state index is 6.05. The zero-order valence-corrected chi connectivity index (χ0v) is 10.9. The lowest BCUT2D eigenvalue weighted by Crippen LogP contribution is -2.45. The van der Waals surface area contributed by atoms with Gasteiger partial charge in [-0.05, 0) is 49.5 Å². The van der Waals surface area contributed by atoms with Gasteiger partial charge in [0.05, 0.1) is 0 Å². The quantitative estimate of drug-likeness (QED) is 0.809. The van der Waals surface area contributed by atoms with E-state index in [-0.39, 0.29) is 0 Å². The summed E-state index contributed by atoms with van der Waals surface area (Å²) in [4.78, 5) is 2.70. The van der Waals surface area contributed by atoms with E-state index in [2.05, 4.69) is 4.90 Å². The van der Waals surface area contributed by atoms with Crippen LogP contribution < -0.4 is 5.73 Å². The highest BCUT2D eigenvalue weighted by atomic mass is 16.5. The predicted molar refractivity (Wildman–Crippen MR) is 68.8 cm³/mol. The van der Waals surface area contributed by atoms with E-state index in [0.29, 0.717) is 5.41 Å². The van der Waals surface area contributed by atoms with Crippen LogP contribution in [0.15, 0.2) is 0 Å². The van der Waals surface area contributed by atoms with E-state index in [9.17, 15) is 0 Å². The van der Waals surface area contributed by atoms with Crippen LogP contribution in [0.25, 0.3) is 0 Å². The Bertz CT molecular complexity index is 251. The van der Waals surface area contributed by atoms with Gasteiger partial charge in [0.25, 0.3) is 0 Å². The Labute approximate surface area is 105 Å². The molecule has 1 saturated carbocycles. The summed E-state index contributed by atoms with van der Waals surface area (Å²) in [7, 11) is 0. The Morgan fingerprint density at radius 3 is 2.35 bits per heavy atom. The molecule has 0 radical (unpaired) electrons. The van der Waals surface area contributed by atoms with Crippen molar-refractivity contribution in [2.75, 3.05) is 39.4 Å². The molecule has 3 fully saturated rings. The molecule has 0 spiro atoms. The molecular formula is C14H26N2O. The van der Waals surface area contributed by atoms with Gasteiger partial charge in [0.1, 0.15) is 0 Å². The fourth-order valence-electron chi connectivity index (χ4n) is 4.17. The van der Waals surface area contributed by atoms with Crippen molar-refractivity contribution in [3.63, 3.8) is 0 Å². The van der Waals surface area contributed by atoms with E-state index in [4.69, 9.17) is 10.5 Å². The summed E-state index contributed by atoms with van der Waals surface area (Å²) in [5, 5.41) is 0. The molecule has 0 bridgehead atoms. The number of rotatable bonds is 3. The van der Waals surface area contributed by atoms with Crippen LogP contribution in [-0.4, -0.2) is 44.3 Å². The van der Waals surface area contributed by atoms with Crippen molar-refractivity contribution in [2.24, 2.45) is 23.0 Å². The second-order valence-corrected chi connectivity index (χ2v) is 6.46. The van der Waals surface area contributed by atoms with Gasteiger partial charge in [0.2, 0.25) is 0 Å². The van der Waals surface area contributed by atoms with E-state index in [1.165, 1.54) is 38.9 Å². The summed E-state index contributed by atoms with van der Waals surface area (Å²) in [6, 6.07) is 0. The highest BCUT2D eigenvalue weighted by Crippen LogP contribution is 2.40. The van der Waals surface area contributed by atoms with Crippen molar-refractivity contribution >= 4 is 0 Å². The number of hydrogen-bond acceptors (Lipinski definition) is 3. The van der Waals surface area contributed by atoms with Crippen LogP contribution in [-0.2, 0) is 4.74 Å². The third-order valence-corrected chi connectivity index (χ3v) is 5.35. The summed E-state index contributed by atoms with van der Waals surface area (Å²) >= 11 is 0. The number of likely N-dealkylation sites (tertiary alicyclic amines) is 1. The molecule has 2 aliphatic heterocycles. The summed E-state index contributed by atoms with van der Waals surface area (Å²) in [5.74, 6) is 2.01. The number of hydrogen-bond donors (Lipinski definition) is 1. The van der Waals surface area contributed by atoms with Crippen LogP contribution in [0.5, 0.6) is 0 Å². The summed E-state index contributed by atoms with van der Waals surface area (Å²) in [6.07, 6.45) is 6.74. The van der Waals surface area contributed by atoms with Gasteiger partial charge in [0.15, 0.2) is 0 Å². The number of ether oxygens (including phenoxy) is 1. The highest BCUT2D eigenvalue weighted by Gasteiger charge is 2.40. The van der Waals surface area contributed by atoms with Gasteiger partial charge in [-0.3, -0.25) is 0 Å². The monoisotopic (exact) mass is 238 g/mol. The first-order valence-corrected chi connectivity index (χ1v) is 7.31. The molecule has 3 rings (SSSR count). The molecule has 0 aromatic heterocycles. The zero-order chi connectivity index (χ0) is 11.7. The normalized spacial score (nSPS) is 37.2. The van der Waals surface area contributed by atoms with Crippen molar-refractivity contribution in [1.29, 1.82) is 0 Å². The van der Waals surface area contributed by atoms with Crippen LogP contribution in [0.1, 0.15) is 32.1 Å². The Morgan fingerprint density at radius 1 is 1.12 bits per heavy atom. The lowest BCUT2D eigenvalue weighted by molar-refractivity contribution is 0.00230. The van der Waals surface area contributed by atoms with E-state index in [1.807, 2.05) is 0 Å². The SMILES string of the molecule is NCC1(CN2CC3CCCC3C2)CCOCC1. The third-order valence-electron chi connectivity index (χ3n) is 5.35. The molecule has 0 amide bonds. The zero-order valence-electron chi connectivity index (χ0n) is 10.9. The van der Waals surface area contributed by atoms with Crippen LogP contribution in [0.4, 0.5) is 0 Å². The Kier molecular flexibility index (Phi) is 3.42. The Morgan fingerprint density at radius 2 is 1.76 bits per heavy atom. The van der Waals surface area contributed by atoms with Gasteiger partial charge in [-0.2, -0.15) is 0 Å². The topological polar surface area (TPSA) is 38.5 Å². The van der Waals surface area contributed by atoms with Gasteiger partial charge in [-0.15, -0.1) is 0 Å². The summed E-state index contributed by atoms with van der Waals surface area (Å²) < 4.78 is 5.49. The van der Waals surface area contributed by atoms with E-state index >= 15 is 0 Å². The van der Waals surface area contributed by atoms with Crippen LogP contribution in [0.2, 0.25) is 0 Å². The molecule has 2 heterocycles. The first-order chi connectivity index (χ1) is 8.31. The number of nitrogens with zero attached hydrogens (tertiary/aromatic N) is 1. The molecule has 3 aliphatic rings. The van der Waals surface area contributed by atoms with Crippen molar-refractivity contribution in [2.45, 2.75) is 32.1 Å². The molecule has 0 aromatic carbocycles. The van der Waals surface area contributed by atoms with Gasteiger partial charge < -0.3 is 15.4 Å². The molecule has 3 nitrogen and oxygen atoms in total. The fourth-order valence-corrected chi connectivity index (χ4v) is 4.17. The molecule has 1 aliphatic carbocycles. The molecule has 2 unspecified atom stereocenters. The molecule has 98 valence electrons. The van der Waals surface area contributed by atoms with E-state index in [1.54, 1.807) is 0 Å². The molecule has 2 N–H and O–H groups in total. The standard InChI is InChI=1S/C14H26N2O/c15-10-14(4-6-17-7-5-14)11-16-8-12-2-1-3-13(12)9-16/h12-13H,1-11,15H2. The molecular weight excluding hydrogens is 212 g/mol. The van der Waals surface area contributed by atoms with E-state index in [0.717, 1.165) is 44.4 Å². The van der Waals surface area contributed by atoms with Crippen molar-refractivity contribution in [1.82, 2.24) is 4.90 Å². The fraction of sp³-hybridized carbons (Fsp3) is 1.00. The lowest BCUT2D eigenvalue weighted by Gasteiger charge is -2.39. The first kappa shape index (κ1) is 11.9. The molecule has 17 heavy (non-hydrogen) atoms. The first-order valence-electron chi connectivity index (χ1n) is 7.31. The highest BCUT2D eigenvalue weighted by molar-refractivity contribution is 4.93. The Balaban J connectivity index is 1.58. The number of fused-ring (bicyclic) bond motifs is 1. The minimum Gasteiger partial charge on any atom is -0.381 e. The van der Waals surface area contributed by atoms with Crippen LogP contribution >= 0.6 is 0 Å². The van der Waals surface area contributed by atoms with Gasteiger partial charge in [-0.25, -0.2) is 0 Å². The molecule has 0 aromatic rings. The molecule has 2 saturated heterocycles. The number of nitrogens with two attached hydrogens (primary N) is 1. The van der Waals surface area contributed by atoms with Gasteiger partial charge in [0, 0.05) is 32.8 Å². The second kappa shape index (κ2) is 4.87. The second-order valence-electron chi connectivity index (χ2n) is 6.46. The predicted octanol–water partition coefficient (Wildman–Crippen LogP) is 1.47. The lowest BCUT2D eigenvalue weighted by atomic mass is 9.80. The van der Waals surface area contributed by atoms with Crippen LogP contribution in [0.3, 0.4) is 0 Å². The summed E-state index contributed by atoms with van der Waals surface area (Å²) in [6.45, 7) is 6.57. The van der Waals surface area contributed by atoms with Crippen molar-refractivity contribution in [3.8, 4) is 0 Å². The van der Waals surface area contributed by atoms with E-state index < -0.39 is 0 Å². The third kappa shape index (κ3) is 2.38.